The summed E-state index contributed by atoms with van der Waals surface area (Å²) in [6.45, 7) is 6.38. The van der Waals surface area contributed by atoms with Gasteiger partial charge in [-0.1, -0.05) is 30.8 Å². The summed E-state index contributed by atoms with van der Waals surface area (Å²) in [6.07, 6.45) is 1.82. The molecule has 1 aliphatic heterocycles. The molecule has 6 heteroatoms. The van der Waals surface area contributed by atoms with E-state index in [1.165, 1.54) is 6.08 Å². The number of likely N-dealkylation sites (N-methyl/N-ethyl adjacent to an activating group) is 1. The molecule has 24 heavy (non-hydrogen) atoms. The summed E-state index contributed by atoms with van der Waals surface area (Å²) < 4.78 is 0. The van der Waals surface area contributed by atoms with E-state index in [0.717, 1.165) is 11.1 Å². The second kappa shape index (κ2) is 8.29. The van der Waals surface area contributed by atoms with Gasteiger partial charge in [0.1, 0.15) is 6.04 Å². The van der Waals surface area contributed by atoms with Crippen LogP contribution in [0.4, 0.5) is 0 Å². The van der Waals surface area contributed by atoms with Crippen molar-refractivity contribution in [1.29, 1.82) is 0 Å². The Morgan fingerprint density at radius 3 is 2.62 bits per heavy atom. The highest BCUT2D eigenvalue weighted by Gasteiger charge is 2.33. The first-order valence-electron chi connectivity index (χ1n) is 8.11. The molecule has 1 aliphatic rings. The van der Waals surface area contributed by atoms with Gasteiger partial charge in [0, 0.05) is 32.5 Å². The van der Waals surface area contributed by atoms with Crippen molar-refractivity contribution in [1.82, 2.24) is 15.5 Å². The molecule has 1 aromatic carbocycles. The molecule has 0 aliphatic carbocycles. The Balaban J connectivity index is 2.11. The highest BCUT2D eigenvalue weighted by Crippen LogP contribution is 2.24. The average Bonchev–Trinajstić information content (AvgIpc) is 2.60. The van der Waals surface area contributed by atoms with Gasteiger partial charge in [0.25, 0.3) is 0 Å². The van der Waals surface area contributed by atoms with Gasteiger partial charge in [-0.05, 0) is 24.1 Å². The predicted octanol–water partition coefficient (Wildman–Crippen LogP) is 0.768. The molecular formula is C18H23N3O3. The van der Waals surface area contributed by atoms with Crippen molar-refractivity contribution in [2.75, 3.05) is 13.1 Å². The Kier molecular flexibility index (Phi) is 6.12. The van der Waals surface area contributed by atoms with Crippen molar-refractivity contribution in [2.45, 2.75) is 32.4 Å². The fraction of sp³-hybridized carbons (Fsp3) is 0.389. The third-order valence-corrected chi connectivity index (χ3v) is 4.05. The largest absolute Gasteiger partial charge is 0.355 e. The number of fused-ring (bicyclic) bond motifs is 1. The standard InChI is InChI=1S/C18H23N3O3/c1-3-16(22)20-10-9-17(23)21-12-14-8-6-5-7-13(14)11-15(21)18(24)19-4-2/h3,5-8,15H,1,4,9-12H2,2H3,(H,19,24)(H,20,22)/t15-/m1/s1. The normalized spacial score (nSPS) is 16.0. The lowest BCUT2D eigenvalue weighted by Gasteiger charge is -2.36. The minimum atomic E-state index is -0.512. The van der Waals surface area contributed by atoms with E-state index < -0.39 is 6.04 Å². The summed E-state index contributed by atoms with van der Waals surface area (Å²) >= 11 is 0. The first kappa shape index (κ1) is 17.7. The fourth-order valence-electron chi connectivity index (χ4n) is 2.82. The van der Waals surface area contributed by atoms with Gasteiger partial charge < -0.3 is 15.5 Å². The van der Waals surface area contributed by atoms with Gasteiger partial charge in [0.05, 0.1) is 0 Å². The fourth-order valence-corrected chi connectivity index (χ4v) is 2.82. The van der Waals surface area contributed by atoms with Gasteiger partial charge in [0.15, 0.2) is 0 Å². The van der Waals surface area contributed by atoms with Crippen LogP contribution in [0.5, 0.6) is 0 Å². The molecule has 1 aromatic rings. The van der Waals surface area contributed by atoms with Gasteiger partial charge in [0.2, 0.25) is 17.7 Å². The first-order chi connectivity index (χ1) is 11.6. The number of carbonyl (C=O) groups is 3. The zero-order chi connectivity index (χ0) is 17.5. The van der Waals surface area contributed by atoms with E-state index in [0.29, 0.717) is 19.5 Å². The molecule has 0 saturated carbocycles. The number of hydrogen-bond acceptors (Lipinski definition) is 3. The van der Waals surface area contributed by atoms with Crippen LogP contribution in [0.25, 0.3) is 0 Å². The minimum absolute atomic E-state index is 0.143. The van der Waals surface area contributed by atoms with Crippen LogP contribution in [0.15, 0.2) is 36.9 Å². The van der Waals surface area contributed by atoms with Gasteiger partial charge >= 0.3 is 0 Å². The smallest absolute Gasteiger partial charge is 0.243 e. The minimum Gasteiger partial charge on any atom is -0.355 e. The molecule has 0 radical (unpaired) electrons. The van der Waals surface area contributed by atoms with E-state index in [-0.39, 0.29) is 30.7 Å². The Bertz CT molecular complexity index is 642. The maximum atomic E-state index is 12.6. The average molecular weight is 329 g/mol. The van der Waals surface area contributed by atoms with Crippen molar-refractivity contribution < 1.29 is 14.4 Å². The maximum absolute atomic E-state index is 12.6. The molecule has 0 saturated heterocycles. The molecule has 2 rings (SSSR count). The van der Waals surface area contributed by atoms with Crippen LogP contribution in [0.3, 0.4) is 0 Å². The van der Waals surface area contributed by atoms with Crippen molar-refractivity contribution in [3.05, 3.63) is 48.0 Å². The third kappa shape index (κ3) is 4.22. The van der Waals surface area contributed by atoms with Crippen LogP contribution in [0.1, 0.15) is 24.5 Å². The molecule has 3 amide bonds. The summed E-state index contributed by atoms with van der Waals surface area (Å²) in [5.41, 5.74) is 2.15. The lowest BCUT2D eigenvalue weighted by atomic mass is 9.93. The van der Waals surface area contributed by atoms with Crippen molar-refractivity contribution in [3.63, 3.8) is 0 Å². The summed E-state index contributed by atoms with van der Waals surface area (Å²) in [7, 11) is 0. The summed E-state index contributed by atoms with van der Waals surface area (Å²) in [5.74, 6) is -0.604. The van der Waals surface area contributed by atoms with E-state index in [4.69, 9.17) is 0 Å². The molecular weight excluding hydrogens is 306 g/mol. The van der Waals surface area contributed by atoms with Crippen molar-refractivity contribution in [3.8, 4) is 0 Å². The van der Waals surface area contributed by atoms with Crippen molar-refractivity contribution in [2.24, 2.45) is 0 Å². The van der Waals surface area contributed by atoms with Crippen LogP contribution >= 0.6 is 0 Å². The second-order valence-corrected chi connectivity index (χ2v) is 5.65. The van der Waals surface area contributed by atoms with Gasteiger partial charge in [-0.25, -0.2) is 0 Å². The molecule has 6 nitrogen and oxygen atoms in total. The van der Waals surface area contributed by atoms with Crippen LogP contribution in [0.2, 0.25) is 0 Å². The van der Waals surface area contributed by atoms with E-state index >= 15 is 0 Å². The van der Waals surface area contributed by atoms with E-state index in [1.54, 1.807) is 4.90 Å². The van der Waals surface area contributed by atoms with Crippen LogP contribution < -0.4 is 10.6 Å². The molecule has 0 unspecified atom stereocenters. The highest BCUT2D eigenvalue weighted by molar-refractivity contribution is 5.89. The quantitative estimate of drug-likeness (QED) is 0.757. The number of benzene rings is 1. The molecule has 1 heterocycles. The maximum Gasteiger partial charge on any atom is 0.243 e. The number of rotatable bonds is 6. The first-order valence-corrected chi connectivity index (χ1v) is 8.11. The summed E-state index contributed by atoms with van der Waals surface area (Å²) in [6, 6.07) is 7.33. The zero-order valence-corrected chi connectivity index (χ0v) is 13.9. The lowest BCUT2D eigenvalue weighted by molar-refractivity contribution is -0.141. The Morgan fingerprint density at radius 1 is 1.25 bits per heavy atom. The van der Waals surface area contributed by atoms with Crippen molar-refractivity contribution >= 4 is 17.7 Å². The Morgan fingerprint density at radius 2 is 1.96 bits per heavy atom. The number of nitrogens with one attached hydrogen (secondary N) is 2. The second-order valence-electron chi connectivity index (χ2n) is 5.65. The Labute approximate surface area is 141 Å². The Hall–Kier alpha value is -2.63. The molecule has 0 aromatic heterocycles. The third-order valence-electron chi connectivity index (χ3n) is 4.05. The van der Waals surface area contributed by atoms with Gasteiger partial charge in [-0.15, -0.1) is 0 Å². The molecule has 1 atom stereocenters. The zero-order valence-electron chi connectivity index (χ0n) is 13.9. The van der Waals surface area contributed by atoms with Crippen LogP contribution in [-0.2, 0) is 27.3 Å². The van der Waals surface area contributed by atoms with Crippen LogP contribution in [-0.4, -0.2) is 41.8 Å². The number of hydrogen-bond donors (Lipinski definition) is 2. The monoisotopic (exact) mass is 329 g/mol. The molecule has 128 valence electrons. The molecule has 0 bridgehead atoms. The molecule has 2 N–H and O–H groups in total. The SMILES string of the molecule is C=CC(=O)NCCC(=O)N1Cc2ccccc2C[C@@H]1C(=O)NCC. The lowest BCUT2D eigenvalue weighted by Crippen LogP contribution is -2.52. The number of amides is 3. The van der Waals surface area contributed by atoms with Gasteiger partial charge in [-0.2, -0.15) is 0 Å². The predicted molar refractivity (Wildman–Crippen MR) is 91.0 cm³/mol. The number of nitrogens with zero attached hydrogens (tertiary/aromatic N) is 1. The summed E-state index contributed by atoms with van der Waals surface area (Å²) in [5, 5.41) is 5.38. The molecule has 0 spiro atoms. The van der Waals surface area contributed by atoms with E-state index in [2.05, 4.69) is 17.2 Å². The highest BCUT2D eigenvalue weighted by atomic mass is 16.2. The number of carbonyl (C=O) groups excluding carboxylic acids is 3. The van der Waals surface area contributed by atoms with E-state index in [9.17, 15) is 14.4 Å². The van der Waals surface area contributed by atoms with Crippen LogP contribution in [0, 0.1) is 0 Å². The summed E-state index contributed by atoms with van der Waals surface area (Å²) in [4.78, 5) is 37.7. The van der Waals surface area contributed by atoms with Gasteiger partial charge in [-0.3, -0.25) is 14.4 Å². The van der Waals surface area contributed by atoms with E-state index in [1.807, 2.05) is 31.2 Å². The molecule has 0 fully saturated rings. The topological polar surface area (TPSA) is 78.5 Å².